The predicted octanol–water partition coefficient (Wildman–Crippen LogP) is 4.57. The Morgan fingerprint density at radius 1 is 1.24 bits per heavy atom. The third kappa shape index (κ3) is 2.67. The number of halogens is 1. The van der Waals surface area contributed by atoms with Gasteiger partial charge >= 0.3 is 0 Å². The maximum absolute atomic E-state index is 13.0. The second-order valence-electron chi connectivity index (χ2n) is 7.78. The van der Waals surface area contributed by atoms with Crippen molar-refractivity contribution in [3.63, 3.8) is 0 Å². The van der Waals surface area contributed by atoms with Gasteiger partial charge in [-0.3, -0.25) is 9.48 Å². The minimum absolute atomic E-state index is 0.120. The Bertz CT molecular complexity index is 814. The molecule has 1 aromatic carbocycles. The molecule has 0 N–H and O–H groups in total. The Morgan fingerprint density at radius 2 is 1.92 bits per heavy atom. The molecule has 1 saturated carbocycles. The lowest BCUT2D eigenvalue weighted by Crippen LogP contribution is -2.32. The zero-order valence-electron chi connectivity index (χ0n) is 15.1. The zero-order chi connectivity index (χ0) is 17.8. The van der Waals surface area contributed by atoms with Gasteiger partial charge in [-0.1, -0.05) is 24.9 Å². The summed E-state index contributed by atoms with van der Waals surface area (Å²) in [6, 6.07) is 5.89. The van der Waals surface area contributed by atoms with Crippen LogP contribution in [-0.2, 0) is 10.2 Å². The smallest absolute Gasteiger partial charge is 0.251 e. The number of aryl methyl sites for hydroxylation is 2. The van der Waals surface area contributed by atoms with Crippen LogP contribution >= 0.6 is 11.6 Å². The molecule has 2 aromatic rings. The minimum Gasteiger partial charge on any atom is -0.310 e. The molecule has 5 heteroatoms. The van der Waals surface area contributed by atoms with Crippen molar-refractivity contribution >= 4 is 23.2 Å². The van der Waals surface area contributed by atoms with Gasteiger partial charge in [0.2, 0.25) is 0 Å². The van der Waals surface area contributed by atoms with Gasteiger partial charge in [0.05, 0.1) is 5.69 Å². The number of nitrogens with zero attached hydrogens (tertiary/aromatic N) is 3. The standard InChI is InChI=1S/C20H24ClN3O/c1-13-11-15(12-14(2)18(13)21)23-9-5-16(19(23)25)24-10-6-17(22-24)20(3)7-4-8-20/h6,10-12,16H,4-5,7-9H2,1-3H3. The van der Waals surface area contributed by atoms with Crippen molar-refractivity contribution in [1.82, 2.24) is 9.78 Å². The SMILES string of the molecule is Cc1cc(N2CCC(n3ccc(C4(C)CCC4)n3)C2=O)cc(C)c1Cl. The first-order valence-corrected chi connectivity index (χ1v) is 9.41. The number of aromatic nitrogens is 2. The molecule has 4 nitrogen and oxygen atoms in total. The van der Waals surface area contributed by atoms with Crippen LogP contribution in [0.1, 0.15) is 55.5 Å². The van der Waals surface area contributed by atoms with E-state index in [2.05, 4.69) is 13.0 Å². The number of carbonyl (C=O) groups is 1. The van der Waals surface area contributed by atoms with Gasteiger partial charge in [-0.15, -0.1) is 0 Å². The van der Waals surface area contributed by atoms with Crippen LogP contribution in [0, 0.1) is 13.8 Å². The summed E-state index contributed by atoms with van der Waals surface area (Å²) in [5.74, 6) is 0.120. The van der Waals surface area contributed by atoms with E-state index < -0.39 is 0 Å². The number of hydrogen-bond donors (Lipinski definition) is 0. The summed E-state index contributed by atoms with van der Waals surface area (Å²) in [5, 5.41) is 5.54. The number of amides is 1. The van der Waals surface area contributed by atoms with E-state index in [4.69, 9.17) is 16.7 Å². The molecule has 1 atom stereocenters. The molecule has 1 unspecified atom stereocenters. The highest BCUT2D eigenvalue weighted by atomic mass is 35.5. The molecule has 1 amide bonds. The second kappa shape index (κ2) is 5.87. The van der Waals surface area contributed by atoms with Crippen LogP contribution in [0.2, 0.25) is 5.02 Å². The van der Waals surface area contributed by atoms with Gasteiger partial charge in [0.25, 0.3) is 5.91 Å². The monoisotopic (exact) mass is 357 g/mol. The third-order valence-corrected chi connectivity index (χ3v) is 6.51. The zero-order valence-corrected chi connectivity index (χ0v) is 15.8. The van der Waals surface area contributed by atoms with E-state index in [9.17, 15) is 4.79 Å². The van der Waals surface area contributed by atoms with E-state index in [-0.39, 0.29) is 17.4 Å². The highest BCUT2D eigenvalue weighted by Gasteiger charge is 2.38. The Hall–Kier alpha value is -1.81. The molecule has 2 fully saturated rings. The first-order chi connectivity index (χ1) is 11.9. The average Bonchev–Trinajstić information content (AvgIpc) is 3.16. The molecule has 0 radical (unpaired) electrons. The average molecular weight is 358 g/mol. The fourth-order valence-electron chi connectivity index (χ4n) is 4.04. The summed E-state index contributed by atoms with van der Waals surface area (Å²) in [5.41, 5.74) is 4.28. The highest BCUT2D eigenvalue weighted by molar-refractivity contribution is 6.32. The van der Waals surface area contributed by atoms with Gasteiger partial charge in [-0.25, -0.2) is 0 Å². The molecular weight excluding hydrogens is 334 g/mol. The Kier molecular flexibility index (Phi) is 3.91. The van der Waals surface area contributed by atoms with E-state index >= 15 is 0 Å². The van der Waals surface area contributed by atoms with Crippen molar-refractivity contribution in [3.8, 4) is 0 Å². The summed E-state index contributed by atoms with van der Waals surface area (Å²) in [4.78, 5) is 14.9. The molecule has 2 aliphatic rings. The predicted molar refractivity (Wildman–Crippen MR) is 100 cm³/mol. The first kappa shape index (κ1) is 16.6. The maximum atomic E-state index is 13.0. The lowest BCUT2D eigenvalue weighted by Gasteiger charge is -2.36. The molecule has 25 heavy (non-hydrogen) atoms. The van der Waals surface area contributed by atoms with Gasteiger partial charge in [0.15, 0.2) is 0 Å². The maximum Gasteiger partial charge on any atom is 0.251 e. The topological polar surface area (TPSA) is 38.1 Å². The van der Waals surface area contributed by atoms with Crippen molar-refractivity contribution < 1.29 is 4.79 Å². The molecule has 1 aliphatic heterocycles. The van der Waals surface area contributed by atoms with Gasteiger partial charge in [-0.05, 0) is 62.4 Å². The summed E-state index contributed by atoms with van der Waals surface area (Å²) in [6.07, 6.45) is 6.42. The first-order valence-electron chi connectivity index (χ1n) is 9.03. The molecule has 0 bridgehead atoms. The Balaban J connectivity index is 1.58. The number of anilines is 1. The lowest BCUT2D eigenvalue weighted by molar-refractivity contribution is -0.120. The summed E-state index contributed by atoms with van der Waals surface area (Å²) in [6.45, 7) is 6.95. The van der Waals surface area contributed by atoms with Crippen LogP contribution in [-0.4, -0.2) is 22.2 Å². The van der Waals surface area contributed by atoms with E-state index in [1.807, 2.05) is 41.8 Å². The van der Waals surface area contributed by atoms with Crippen LogP contribution in [0.5, 0.6) is 0 Å². The highest BCUT2D eigenvalue weighted by Crippen LogP contribution is 2.42. The van der Waals surface area contributed by atoms with Crippen molar-refractivity contribution in [1.29, 1.82) is 0 Å². The summed E-state index contributed by atoms with van der Waals surface area (Å²) in [7, 11) is 0. The van der Waals surface area contributed by atoms with E-state index in [0.717, 1.165) is 40.5 Å². The number of hydrogen-bond acceptors (Lipinski definition) is 2. The molecule has 132 valence electrons. The van der Waals surface area contributed by atoms with Crippen LogP contribution in [0.25, 0.3) is 0 Å². The van der Waals surface area contributed by atoms with Crippen molar-refractivity contribution in [2.75, 3.05) is 11.4 Å². The summed E-state index contributed by atoms with van der Waals surface area (Å²) >= 11 is 6.26. The van der Waals surface area contributed by atoms with Crippen LogP contribution in [0.3, 0.4) is 0 Å². The van der Waals surface area contributed by atoms with Crippen LogP contribution in [0.4, 0.5) is 5.69 Å². The summed E-state index contributed by atoms with van der Waals surface area (Å²) < 4.78 is 1.87. The van der Waals surface area contributed by atoms with E-state index in [0.29, 0.717) is 0 Å². The molecule has 1 saturated heterocycles. The van der Waals surface area contributed by atoms with Crippen molar-refractivity contribution in [2.45, 2.75) is 57.9 Å². The van der Waals surface area contributed by atoms with E-state index in [1.165, 1.54) is 19.3 Å². The van der Waals surface area contributed by atoms with Gasteiger partial charge < -0.3 is 4.90 Å². The van der Waals surface area contributed by atoms with Gasteiger partial charge in [-0.2, -0.15) is 5.10 Å². The minimum atomic E-state index is -0.200. The molecule has 4 rings (SSSR count). The normalized spacial score (nSPS) is 22.3. The van der Waals surface area contributed by atoms with E-state index in [1.54, 1.807) is 0 Å². The number of rotatable bonds is 3. The van der Waals surface area contributed by atoms with Crippen LogP contribution in [0.15, 0.2) is 24.4 Å². The molecule has 2 heterocycles. The Labute approximate surface area is 153 Å². The molecule has 1 aromatic heterocycles. The van der Waals surface area contributed by atoms with Crippen molar-refractivity contribution in [2.24, 2.45) is 0 Å². The molecule has 0 spiro atoms. The van der Waals surface area contributed by atoms with Crippen molar-refractivity contribution in [3.05, 3.63) is 46.2 Å². The van der Waals surface area contributed by atoms with Crippen LogP contribution < -0.4 is 4.90 Å². The molecular formula is C20H24ClN3O. The lowest BCUT2D eigenvalue weighted by atomic mass is 9.68. The fourth-order valence-corrected chi connectivity index (χ4v) is 4.15. The quantitative estimate of drug-likeness (QED) is 0.806. The third-order valence-electron chi connectivity index (χ3n) is 5.91. The number of carbonyl (C=O) groups excluding carboxylic acids is 1. The second-order valence-corrected chi connectivity index (χ2v) is 8.16. The number of benzene rings is 1. The largest absolute Gasteiger partial charge is 0.310 e. The Morgan fingerprint density at radius 3 is 2.52 bits per heavy atom. The van der Waals surface area contributed by atoms with Gasteiger partial charge in [0.1, 0.15) is 6.04 Å². The van der Waals surface area contributed by atoms with Gasteiger partial charge in [0, 0.05) is 28.9 Å². The fraction of sp³-hybridized carbons (Fsp3) is 0.500. The molecule has 1 aliphatic carbocycles.